The second-order valence-corrected chi connectivity index (χ2v) is 11.0. The number of ether oxygens (including phenoxy) is 2. The molecule has 16 nitrogen and oxygen atoms in total. The van der Waals surface area contributed by atoms with E-state index in [0.29, 0.717) is 32.4 Å². The van der Waals surface area contributed by atoms with Crippen molar-refractivity contribution in [2.75, 3.05) is 18.8 Å². The number of carbonyl (C=O) groups is 2. The van der Waals surface area contributed by atoms with Gasteiger partial charge in [-0.15, -0.1) is 0 Å². The Labute approximate surface area is 250 Å². The van der Waals surface area contributed by atoms with E-state index in [9.17, 15) is 29.9 Å². The second kappa shape index (κ2) is 12.0. The van der Waals surface area contributed by atoms with Crippen molar-refractivity contribution in [3.8, 4) is 17.6 Å². The van der Waals surface area contributed by atoms with E-state index >= 15 is 0 Å². The zero-order chi connectivity index (χ0) is 31.0. The van der Waals surface area contributed by atoms with Crippen LogP contribution < -0.4 is 15.8 Å². The highest BCUT2D eigenvalue weighted by molar-refractivity contribution is 5.83. The number of aliphatic hydroxyl groups excluding tert-OH is 2. The van der Waals surface area contributed by atoms with Gasteiger partial charge in [0.15, 0.2) is 23.8 Å². The van der Waals surface area contributed by atoms with Gasteiger partial charge in [0.05, 0.1) is 17.3 Å². The van der Waals surface area contributed by atoms with E-state index in [0.717, 1.165) is 12.8 Å². The molecule has 4 atom stereocenters. The fraction of sp³-hybridized carbons (Fsp3) is 0.464. The number of aromatic nitrogens is 4. The molecule has 5 N–H and O–H groups in total. The molecule has 3 aromatic rings. The van der Waals surface area contributed by atoms with Crippen LogP contribution in [0, 0.1) is 27.9 Å². The number of nitro benzene ring substituents is 1. The van der Waals surface area contributed by atoms with Crippen LogP contribution in [0.5, 0.6) is 5.75 Å². The molecule has 2 amide bonds. The van der Waals surface area contributed by atoms with E-state index in [-0.39, 0.29) is 46.2 Å². The SMILES string of the molecule is Nc1nc(C#CCC2CCN(C(=O)Oc3cccc([N+](=O)[O-])c3)CC2)nc2c1ncn2[C@@H]1O[C@H](C(=O)NC2CC2)C(O)C1O. The van der Waals surface area contributed by atoms with Crippen molar-refractivity contribution in [1.29, 1.82) is 0 Å². The van der Waals surface area contributed by atoms with Crippen LogP contribution in [0.4, 0.5) is 16.3 Å². The first-order chi connectivity index (χ1) is 21.2. The van der Waals surface area contributed by atoms with Crippen LogP contribution in [0.15, 0.2) is 30.6 Å². The van der Waals surface area contributed by atoms with Crippen molar-refractivity contribution in [1.82, 2.24) is 29.7 Å². The number of imidazole rings is 1. The summed E-state index contributed by atoms with van der Waals surface area (Å²) in [7, 11) is 0. The fourth-order valence-electron chi connectivity index (χ4n) is 5.22. The fourth-order valence-corrected chi connectivity index (χ4v) is 5.22. The van der Waals surface area contributed by atoms with Crippen LogP contribution in [0.1, 0.15) is 44.2 Å². The summed E-state index contributed by atoms with van der Waals surface area (Å²) in [6.07, 6.45) is -0.836. The highest BCUT2D eigenvalue weighted by atomic mass is 16.6. The minimum absolute atomic E-state index is 0.0640. The molecule has 2 unspecified atom stereocenters. The molecule has 6 rings (SSSR count). The molecular weight excluding hydrogens is 576 g/mol. The van der Waals surface area contributed by atoms with Gasteiger partial charge in [-0.2, -0.15) is 0 Å². The van der Waals surface area contributed by atoms with Crippen molar-refractivity contribution in [3.63, 3.8) is 0 Å². The highest BCUT2D eigenvalue weighted by Crippen LogP contribution is 2.33. The van der Waals surface area contributed by atoms with Crippen molar-refractivity contribution >= 4 is 34.7 Å². The Kier molecular flexibility index (Phi) is 7.99. The molecule has 2 aromatic heterocycles. The molecule has 0 spiro atoms. The minimum atomic E-state index is -1.44. The molecule has 1 aromatic carbocycles. The molecule has 0 radical (unpaired) electrons. The number of fused-ring (bicyclic) bond motifs is 1. The molecule has 2 aliphatic heterocycles. The highest BCUT2D eigenvalue weighted by Gasteiger charge is 2.48. The van der Waals surface area contributed by atoms with Gasteiger partial charge in [0.2, 0.25) is 5.82 Å². The van der Waals surface area contributed by atoms with Crippen molar-refractivity contribution in [2.45, 2.75) is 62.7 Å². The number of carbonyl (C=O) groups excluding carboxylic acids is 2. The Morgan fingerprint density at radius 3 is 2.68 bits per heavy atom. The minimum Gasteiger partial charge on any atom is -0.410 e. The lowest BCUT2D eigenvalue weighted by molar-refractivity contribution is -0.384. The van der Waals surface area contributed by atoms with E-state index in [2.05, 4.69) is 32.1 Å². The summed E-state index contributed by atoms with van der Waals surface area (Å²) in [6.45, 7) is 0.897. The van der Waals surface area contributed by atoms with Crippen LogP contribution in [-0.4, -0.2) is 89.0 Å². The van der Waals surface area contributed by atoms with Gasteiger partial charge in [-0.3, -0.25) is 19.5 Å². The molecule has 230 valence electrons. The van der Waals surface area contributed by atoms with Crippen molar-refractivity contribution in [2.24, 2.45) is 5.92 Å². The van der Waals surface area contributed by atoms with E-state index in [1.165, 1.54) is 35.2 Å². The van der Waals surface area contributed by atoms with E-state index < -0.39 is 41.5 Å². The average molecular weight is 607 g/mol. The van der Waals surface area contributed by atoms with Gasteiger partial charge in [0.1, 0.15) is 23.5 Å². The number of nitrogens with zero attached hydrogens (tertiary/aromatic N) is 6. The first kappa shape index (κ1) is 29.2. The molecule has 3 aliphatic rings. The number of nitrogen functional groups attached to an aromatic ring is 1. The molecule has 1 aliphatic carbocycles. The topological polar surface area (TPSA) is 221 Å². The Morgan fingerprint density at radius 2 is 1.95 bits per heavy atom. The quantitative estimate of drug-likeness (QED) is 0.174. The summed E-state index contributed by atoms with van der Waals surface area (Å²) in [5.74, 6) is 6.03. The number of piperidine rings is 1. The van der Waals surface area contributed by atoms with Crippen molar-refractivity contribution in [3.05, 3.63) is 46.5 Å². The standard InChI is InChI=1S/C28H30N8O8/c29-24-20-25(35(14-30-20)27-22(38)21(37)23(44-27)26(39)31-16-7-8-16)33-19(32-24)6-1-3-15-9-11-34(12-10-15)28(40)43-18-5-2-4-17(13-18)36(41)42/h2,4-5,13-16,21-23,27,37-38H,3,7-12H2,(H,31,39)(H2,29,32,33)/t21?,22?,23-,27+/m0/s1. The number of non-ortho nitro benzene ring substituents is 1. The smallest absolute Gasteiger partial charge is 0.410 e. The van der Waals surface area contributed by atoms with E-state index in [4.69, 9.17) is 15.2 Å². The summed E-state index contributed by atoms with van der Waals surface area (Å²) in [4.78, 5) is 49.9. The summed E-state index contributed by atoms with van der Waals surface area (Å²) in [6, 6.07) is 5.54. The number of nitro groups is 1. The molecule has 2 saturated heterocycles. The number of hydrogen-bond donors (Lipinski definition) is 4. The number of nitrogens with one attached hydrogen (secondary N) is 1. The maximum absolute atomic E-state index is 12.5. The number of nitrogens with two attached hydrogens (primary N) is 1. The van der Waals surface area contributed by atoms with Crippen LogP contribution in [-0.2, 0) is 9.53 Å². The molecule has 44 heavy (non-hydrogen) atoms. The predicted octanol–water partition coefficient (Wildman–Crippen LogP) is 0.867. The zero-order valence-electron chi connectivity index (χ0n) is 23.4. The van der Waals surface area contributed by atoms with Gasteiger partial charge in [-0.05, 0) is 43.6 Å². The van der Waals surface area contributed by atoms with Gasteiger partial charge in [-0.1, -0.05) is 12.0 Å². The number of anilines is 1. The number of benzene rings is 1. The third-order valence-corrected chi connectivity index (χ3v) is 7.84. The summed E-state index contributed by atoms with van der Waals surface area (Å²) in [5.41, 5.74) is 6.44. The van der Waals surface area contributed by atoms with Crippen molar-refractivity contribution < 1.29 is 34.2 Å². The number of rotatable bonds is 6. The molecule has 3 fully saturated rings. The normalized spacial score (nSPS) is 23.6. The van der Waals surface area contributed by atoms with Gasteiger partial charge in [0.25, 0.3) is 11.6 Å². The number of amides is 2. The Balaban J connectivity index is 1.07. The Bertz CT molecular complexity index is 1660. The lowest BCUT2D eigenvalue weighted by Gasteiger charge is -2.30. The summed E-state index contributed by atoms with van der Waals surface area (Å²) in [5, 5.41) is 34.9. The lowest BCUT2D eigenvalue weighted by atomic mass is 9.94. The second-order valence-electron chi connectivity index (χ2n) is 11.0. The monoisotopic (exact) mass is 606 g/mol. The number of aliphatic hydroxyl groups is 2. The maximum Gasteiger partial charge on any atom is 0.415 e. The number of likely N-dealkylation sites (tertiary alicyclic amines) is 1. The molecule has 1 saturated carbocycles. The number of hydrogen-bond acceptors (Lipinski definition) is 12. The van der Waals surface area contributed by atoms with E-state index in [1.54, 1.807) is 4.90 Å². The van der Waals surface area contributed by atoms with Crippen LogP contribution >= 0.6 is 0 Å². The maximum atomic E-state index is 12.5. The molecule has 4 heterocycles. The van der Waals surface area contributed by atoms with Gasteiger partial charge in [-0.25, -0.2) is 19.7 Å². The van der Waals surface area contributed by atoms with Gasteiger partial charge in [0, 0.05) is 31.6 Å². The molecule has 0 bridgehead atoms. The predicted molar refractivity (Wildman–Crippen MR) is 152 cm³/mol. The zero-order valence-corrected chi connectivity index (χ0v) is 23.4. The largest absolute Gasteiger partial charge is 0.415 e. The summed E-state index contributed by atoms with van der Waals surface area (Å²) >= 11 is 0. The third-order valence-electron chi connectivity index (χ3n) is 7.84. The molecular formula is C28H30N8O8. The Hall–Kier alpha value is -4.85. The first-order valence-electron chi connectivity index (χ1n) is 14.2. The molecule has 16 heteroatoms. The van der Waals surface area contributed by atoms with Crippen LogP contribution in [0.25, 0.3) is 11.2 Å². The first-order valence-corrected chi connectivity index (χ1v) is 14.2. The van der Waals surface area contributed by atoms with Crippen LogP contribution in [0.2, 0.25) is 0 Å². The summed E-state index contributed by atoms with van der Waals surface area (Å²) < 4.78 is 12.5. The van der Waals surface area contributed by atoms with E-state index in [1.807, 2.05) is 0 Å². The van der Waals surface area contributed by atoms with Crippen LogP contribution in [0.3, 0.4) is 0 Å². The van der Waals surface area contributed by atoms with Gasteiger partial charge < -0.3 is 35.6 Å². The third kappa shape index (κ3) is 6.11. The average Bonchev–Trinajstić information content (AvgIpc) is 3.64. The van der Waals surface area contributed by atoms with Gasteiger partial charge >= 0.3 is 6.09 Å². The lowest BCUT2D eigenvalue weighted by Crippen LogP contribution is -2.43. The Morgan fingerprint density at radius 1 is 1.18 bits per heavy atom.